The minimum Gasteiger partial charge on any atom is -0.479 e. The van der Waals surface area contributed by atoms with Gasteiger partial charge in [0.25, 0.3) is 0 Å². The molecule has 0 saturated carbocycles. The highest BCUT2D eigenvalue weighted by molar-refractivity contribution is 7.93. The Balaban J connectivity index is 1.68. The summed E-state index contributed by atoms with van der Waals surface area (Å²) in [6.45, 7) is 1.84. The molecule has 0 spiro atoms. The van der Waals surface area contributed by atoms with Crippen LogP contribution in [0.1, 0.15) is 5.69 Å². The quantitative estimate of drug-likeness (QED) is 0.413. The summed E-state index contributed by atoms with van der Waals surface area (Å²) in [5, 5.41) is 19.4. The predicted octanol–water partition coefficient (Wildman–Crippen LogP) is 4.33. The minimum absolute atomic E-state index is 0.0854. The Morgan fingerprint density at radius 3 is 2.38 bits per heavy atom. The molecule has 0 aliphatic rings. The van der Waals surface area contributed by atoms with Crippen molar-refractivity contribution in [3.63, 3.8) is 0 Å². The summed E-state index contributed by atoms with van der Waals surface area (Å²) in [7, 11) is -4.34. The van der Waals surface area contributed by atoms with Gasteiger partial charge in [-0.05, 0) is 61.5 Å². The van der Waals surface area contributed by atoms with E-state index in [0.29, 0.717) is 11.5 Å². The van der Waals surface area contributed by atoms with Crippen molar-refractivity contribution in [2.75, 3.05) is 5.32 Å². The van der Waals surface area contributed by atoms with Gasteiger partial charge in [0.05, 0.1) is 16.1 Å². The van der Waals surface area contributed by atoms with Gasteiger partial charge in [-0.3, -0.25) is 4.57 Å². The van der Waals surface area contributed by atoms with Crippen molar-refractivity contribution in [3.8, 4) is 5.82 Å². The molecule has 0 radical (unpaired) electrons. The zero-order valence-corrected chi connectivity index (χ0v) is 18.9. The Morgan fingerprint density at radius 2 is 1.75 bits per heavy atom. The van der Waals surface area contributed by atoms with E-state index in [4.69, 9.17) is 23.2 Å². The number of aliphatic carboxylic acids is 1. The van der Waals surface area contributed by atoms with Crippen molar-refractivity contribution in [2.45, 2.75) is 17.2 Å². The van der Waals surface area contributed by atoms with E-state index in [9.17, 15) is 18.3 Å². The van der Waals surface area contributed by atoms with Gasteiger partial charge in [-0.25, -0.2) is 13.2 Å². The fourth-order valence-electron chi connectivity index (χ4n) is 3.20. The summed E-state index contributed by atoms with van der Waals surface area (Å²) in [5.74, 6) is -0.941. The molecule has 2 N–H and O–H groups in total. The second-order valence-electron chi connectivity index (χ2n) is 7.01. The third-order valence-corrected chi connectivity index (χ3v) is 6.99. The fourth-order valence-corrected chi connectivity index (χ4v) is 5.27. The highest BCUT2D eigenvalue weighted by Gasteiger charge is 2.34. The number of rotatable bonds is 6. The Labute approximate surface area is 193 Å². The number of aryl methyl sites for hydroxylation is 1. The zero-order chi connectivity index (χ0) is 23.0. The lowest BCUT2D eigenvalue weighted by atomic mass is 10.2. The van der Waals surface area contributed by atoms with E-state index in [0.717, 1.165) is 28.7 Å². The molecule has 8 nitrogen and oxygen atoms in total. The lowest BCUT2D eigenvalue weighted by Crippen LogP contribution is -2.37. The maximum atomic E-state index is 13.0. The highest BCUT2D eigenvalue weighted by Crippen LogP contribution is 2.28. The monoisotopic (exact) mass is 490 g/mol. The number of carboxylic acid groups (broad SMARTS) is 1. The Hall–Kier alpha value is -3.14. The number of hydrogen-bond acceptors (Lipinski definition) is 6. The van der Waals surface area contributed by atoms with Crippen LogP contribution in [0.4, 0.5) is 5.69 Å². The Kier molecular flexibility index (Phi) is 5.81. The summed E-state index contributed by atoms with van der Waals surface area (Å²) in [6, 6.07) is 14.2. The van der Waals surface area contributed by atoms with Crippen molar-refractivity contribution in [1.82, 2.24) is 14.8 Å². The lowest BCUT2D eigenvalue weighted by Gasteiger charge is -2.17. The summed E-state index contributed by atoms with van der Waals surface area (Å²) < 4.78 is 27.8. The van der Waals surface area contributed by atoms with Crippen LogP contribution in [0.2, 0.25) is 10.0 Å². The first-order valence-corrected chi connectivity index (χ1v) is 11.6. The van der Waals surface area contributed by atoms with E-state index in [1.807, 2.05) is 29.7 Å². The van der Waals surface area contributed by atoms with Gasteiger partial charge >= 0.3 is 5.97 Å². The second-order valence-corrected chi connectivity index (χ2v) is 9.91. The number of halogens is 2. The topological polar surface area (TPSA) is 114 Å². The number of sulfone groups is 1. The van der Waals surface area contributed by atoms with Gasteiger partial charge in [0.1, 0.15) is 0 Å². The summed E-state index contributed by atoms with van der Waals surface area (Å²) in [5.41, 5.74) is 1.90. The number of nitrogens with one attached hydrogen (secondary N) is 1. The minimum atomic E-state index is -4.34. The number of carboxylic acids is 1. The first kappa shape index (κ1) is 22.1. The molecule has 164 valence electrons. The largest absolute Gasteiger partial charge is 0.479 e. The van der Waals surface area contributed by atoms with Crippen molar-refractivity contribution in [2.24, 2.45) is 0 Å². The molecule has 0 aliphatic heterocycles. The first-order valence-electron chi connectivity index (χ1n) is 9.26. The van der Waals surface area contributed by atoms with E-state index in [1.165, 1.54) is 6.07 Å². The molecule has 1 atom stereocenters. The average Bonchev–Trinajstić information content (AvgIpc) is 3.15. The van der Waals surface area contributed by atoms with E-state index >= 15 is 0 Å². The van der Waals surface area contributed by atoms with Crippen LogP contribution < -0.4 is 5.32 Å². The molecule has 4 aromatic rings. The number of benzene rings is 2. The number of carbonyl (C=O) groups is 1. The lowest BCUT2D eigenvalue weighted by molar-refractivity contribution is -0.135. The van der Waals surface area contributed by atoms with E-state index in [2.05, 4.69) is 15.5 Å². The van der Waals surface area contributed by atoms with Gasteiger partial charge in [-0.1, -0.05) is 23.2 Å². The smallest absolute Gasteiger partial charge is 0.342 e. The zero-order valence-electron chi connectivity index (χ0n) is 16.5. The molecule has 0 aliphatic carbocycles. The third kappa shape index (κ3) is 4.27. The Morgan fingerprint density at radius 1 is 1.03 bits per heavy atom. The van der Waals surface area contributed by atoms with Gasteiger partial charge in [0.2, 0.25) is 15.2 Å². The highest BCUT2D eigenvalue weighted by atomic mass is 35.5. The maximum Gasteiger partial charge on any atom is 0.342 e. The van der Waals surface area contributed by atoms with E-state index < -0.39 is 21.2 Å². The molecule has 11 heteroatoms. The third-order valence-electron chi connectivity index (χ3n) is 4.72. The average molecular weight is 491 g/mol. The standard InChI is InChI=1S/C21H16Cl2N4O4S/c1-12-2-5-19(26-25-12)27-7-6-13-8-16(3-4-18(13)27)24-20(21(28)29)32(30,31)17-10-14(22)9-15(23)11-17/h2-11,20,24H,1H3,(H,28,29). The number of nitrogens with zero attached hydrogens (tertiary/aromatic N) is 3. The first-order chi connectivity index (χ1) is 15.1. The van der Waals surface area contributed by atoms with Crippen molar-refractivity contribution in [1.29, 1.82) is 0 Å². The van der Waals surface area contributed by atoms with Gasteiger partial charge in [-0.2, -0.15) is 5.10 Å². The summed E-state index contributed by atoms with van der Waals surface area (Å²) >= 11 is 11.8. The normalized spacial score (nSPS) is 12.6. The molecular formula is C21H16Cl2N4O4S. The van der Waals surface area contributed by atoms with Gasteiger partial charge in [0, 0.05) is 27.3 Å². The maximum absolute atomic E-state index is 13.0. The second kappa shape index (κ2) is 8.42. The SMILES string of the molecule is Cc1ccc(-n2ccc3cc(NC(C(=O)O)S(=O)(=O)c4cc(Cl)cc(Cl)c4)ccc32)nn1. The molecule has 0 bridgehead atoms. The van der Waals surface area contributed by atoms with E-state index in [-0.39, 0.29) is 14.9 Å². The number of fused-ring (bicyclic) bond motifs is 1. The summed E-state index contributed by atoms with van der Waals surface area (Å²) in [4.78, 5) is 11.6. The van der Waals surface area contributed by atoms with Crippen LogP contribution in [0.15, 0.2) is 65.7 Å². The van der Waals surface area contributed by atoms with Crippen LogP contribution in [-0.4, -0.2) is 39.6 Å². The molecule has 2 aromatic heterocycles. The van der Waals surface area contributed by atoms with Crippen LogP contribution in [-0.2, 0) is 14.6 Å². The predicted molar refractivity (Wildman–Crippen MR) is 122 cm³/mol. The number of hydrogen-bond donors (Lipinski definition) is 2. The molecule has 4 rings (SSSR count). The van der Waals surface area contributed by atoms with Crippen LogP contribution in [0.3, 0.4) is 0 Å². The molecular weight excluding hydrogens is 475 g/mol. The van der Waals surface area contributed by atoms with Gasteiger partial charge in [0.15, 0.2) is 5.82 Å². The van der Waals surface area contributed by atoms with Gasteiger partial charge < -0.3 is 10.4 Å². The van der Waals surface area contributed by atoms with E-state index in [1.54, 1.807) is 24.4 Å². The van der Waals surface area contributed by atoms with Crippen LogP contribution in [0.25, 0.3) is 16.7 Å². The Bertz CT molecular complexity index is 1420. The van der Waals surface area contributed by atoms with Gasteiger partial charge in [-0.15, -0.1) is 5.10 Å². The van der Waals surface area contributed by atoms with Crippen LogP contribution in [0.5, 0.6) is 0 Å². The molecule has 2 aromatic carbocycles. The van der Waals surface area contributed by atoms with Crippen molar-refractivity contribution >= 4 is 55.6 Å². The van der Waals surface area contributed by atoms with Crippen molar-refractivity contribution < 1.29 is 18.3 Å². The van der Waals surface area contributed by atoms with Crippen LogP contribution >= 0.6 is 23.2 Å². The van der Waals surface area contributed by atoms with Crippen molar-refractivity contribution in [3.05, 3.63) is 76.5 Å². The van der Waals surface area contributed by atoms with Crippen LogP contribution in [0, 0.1) is 6.92 Å². The molecule has 2 heterocycles. The molecule has 0 saturated heterocycles. The fraction of sp³-hybridized carbons (Fsp3) is 0.0952. The molecule has 0 amide bonds. The molecule has 1 unspecified atom stereocenters. The summed E-state index contributed by atoms with van der Waals surface area (Å²) in [6.07, 6.45) is 1.80. The molecule has 32 heavy (non-hydrogen) atoms. The number of aromatic nitrogens is 3. The molecule has 0 fully saturated rings. The number of anilines is 1.